The quantitative estimate of drug-likeness (QED) is 0.710. The van der Waals surface area contributed by atoms with Crippen molar-refractivity contribution in [3.8, 4) is 0 Å². The Labute approximate surface area is 98.1 Å². The van der Waals surface area contributed by atoms with E-state index in [0.717, 1.165) is 4.90 Å². The minimum absolute atomic E-state index is 0.121. The van der Waals surface area contributed by atoms with Crippen LogP contribution in [0.15, 0.2) is 0 Å². The van der Waals surface area contributed by atoms with Crippen LogP contribution in [-0.4, -0.2) is 35.1 Å². The number of rotatable bonds is 0. The van der Waals surface area contributed by atoms with E-state index in [1.165, 1.54) is 0 Å². The van der Waals surface area contributed by atoms with Crippen LogP contribution in [0.2, 0.25) is 0 Å². The Morgan fingerprint density at radius 1 is 1.35 bits per heavy atom. The van der Waals surface area contributed by atoms with Crippen LogP contribution in [0.25, 0.3) is 0 Å². The number of fused-ring (bicyclic) bond motifs is 2. The molecular formula is C11H17F3N2O. The Hall–Kier alpha value is -0.780. The van der Waals surface area contributed by atoms with E-state index in [2.05, 4.69) is 0 Å². The zero-order valence-electron chi connectivity index (χ0n) is 9.97. The van der Waals surface area contributed by atoms with Crippen molar-refractivity contribution in [3.63, 3.8) is 0 Å². The standard InChI is InChI=1S/C11H17F3N2O/c1-9-3-7(15)4-10(2,5-9)16(6-9)8(17)11(12,13)14/h7H,3-6,15H2,1-2H3/t7-,9+,10?/m1/s1. The number of hydrogen-bond acceptors (Lipinski definition) is 2. The smallest absolute Gasteiger partial charge is 0.329 e. The summed E-state index contributed by atoms with van der Waals surface area (Å²) >= 11 is 0. The molecule has 2 fully saturated rings. The molecule has 1 amide bonds. The fraction of sp³-hybridized carbons (Fsp3) is 0.909. The molecule has 1 aliphatic carbocycles. The van der Waals surface area contributed by atoms with Gasteiger partial charge in [-0.1, -0.05) is 6.92 Å². The highest BCUT2D eigenvalue weighted by molar-refractivity contribution is 5.83. The molecule has 17 heavy (non-hydrogen) atoms. The number of halogens is 3. The predicted octanol–water partition coefficient (Wildman–Crippen LogP) is 1.67. The van der Waals surface area contributed by atoms with E-state index in [9.17, 15) is 18.0 Å². The average Bonchev–Trinajstić information content (AvgIpc) is 2.27. The van der Waals surface area contributed by atoms with Crippen LogP contribution in [0.3, 0.4) is 0 Å². The molecule has 1 saturated carbocycles. The lowest BCUT2D eigenvalue weighted by Crippen LogP contribution is -2.52. The highest BCUT2D eigenvalue weighted by Gasteiger charge is 2.58. The number of carbonyl (C=O) groups excluding carboxylic acids is 1. The van der Waals surface area contributed by atoms with Gasteiger partial charge in [-0.05, 0) is 31.6 Å². The summed E-state index contributed by atoms with van der Waals surface area (Å²) in [5.41, 5.74) is 4.87. The first kappa shape index (κ1) is 12.7. The van der Waals surface area contributed by atoms with E-state index in [4.69, 9.17) is 5.73 Å². The van der Waals surface area contributed by atoms with Crippen LogP contribution in [0.1, 0.15) is 33.1 Å². The van der Waals surface area contributed by atoms with Crippen LogP contribution >= 0.6 is 0 Å². The molecule has 1 unspecified atom stereocenters. The molecule has 2 N–H and O–H groups in total. The number of nitrogens with zero attached hydrogens (tertiary/aromatic N) is 1. The molecule has 1 aliphatic heterocycles. The van der Waals surface area contributed by atoms with Crippen LogP contribution in [0.4, 0.5) is 13.2 Å². The number of nitrogens with two attached hydrogens (primary N) is 1. The number of carbonyl (C=O) groups is 1. The summed E-state index contributed by atoms with van der Waals surface area (Å²) in [5.74, 6) is -1.72. The van der Waals surface area contributed by atoms with Crippen LogP contribution < -0.4 is 5.73 Å². The van der Waals surface area contributed by atoms with Gasteiger partial charge in [0.05, 0.1) is 0 Å². The van der Waals surface area contributed by atoms with E-state index in [-0.39, 0.29) is 18.0 Å². The lowest BCUT2D eigenvalue weighted by Gasteiger charge is -2.40. The molecule has 0 spiro atoms. The van der Waals surface area contributed by atoms with Crippen molar-refractivity contribution in [2.75, 3.05) is 6.54 Å². The van der Waals surface area contributed by atoms with Crippen LogP contribution in [0, 0.1) is 5.41 Å². The molecule has 1 heterocycles. The van der Waals surface area contributed by atoms with Gasteiger partial charge in [0.15, 0.2) is 0 Å². The molecule has 6 heteroatoms. The van der Waals surface area contributed by atoms with Gasteiger partial charge in [-0.15, -0.1) is 0 Å². The maximum atomic E-state index is 12.5. The van der Waals surface area contributed by atoms with Crippen molar-refractivity contribution in [2.45, 2.75) is 50.9 Å². The van der Waals surface area contributed by atoms with Crippen molar-refractivity contribution in [2.24, 2.45) is 11.1 Å². The number of likely N-dealkylation sites (tertiary alicyclic amines) is 1. The fourth-order valence-electron chi connectivity index (χ4n) is 3.70. The van der Waals surface area contributed by atoms with Crippen molar-refractivity contribution in [1.82, 2.24) is 4.90 Å². The van der Waals surface area contributed by atoms with Gasteiger partial charge in [0, 0.05) is 18.1 Å². The van der Waals surface area contributed by atoms with Gasteiger partial charge >= 0.3 is 12.1 Å². The molecule has 3 nitrogen and oxygen atoms in total. The lowest BCUT2D eigenvalue weighted by molar-refractivity contribution is -0.189. The summed E-state index contributed by atoms with van der Waals surface area (Å²) in [5, 5.41) is 0. The third kappa shape index (κ3) is 2.03. The summed E-state index contributed by atoms with van der Waals surface area (Å²) in [6.45, 7) is 3.78. The Morgan fingerprint density at radius 2 is 1.94 bits per heavy atom. The monoisotopic (exact) mass is 250 g/mol. The van der Waals surface area contributed by atoms with Gasteiger partial charge in [-0.25, -0.2) is 0 Å². The second-order valence-electron chi connectivity index (χ2n) is 6.04. The SMILES string of the molecule is CC12C[C@H](N)C[C@](C)(CN1C(=O)C(F)(F)F)C2. The van der Waals surface area contributed by atoms with Crippen molar-refractivity contribution in [3.05, 3.63) is 0 Å². The maximum Gasteiger partial charge on any atom is 0.471 e. The minimum Gasteiger partial charge on any atom is -0.329 e. The van der Waals surface area contributed by atoms with Gasteiger partial charge in [-0.2, -0.15) is 13.2 Å². The summed E-state index contributed by atoms with van der Waals surface area (Å²) < 4.78 is 37.6. The minimum atomic E-state index is -4.79. The zero-order valence-corrected chi connectivity index (χ0v) is 9.97. The largest absolute Gasteiger partial charge is 0.471 e. The highest BCUT2D eigenvalue weighted by Crippen LogP contribution is 2.51. The van der Waals surface area contributed by atoms with Gasteiger partial charge < -0.3 is 10.6 Å². The molecule has 2 aliphatic rings. The second-order valence-corrected chi connectivity index (χ2v) is 6.04. The Kier molecular flexibility index (Phi) is 2.51. The van der Waals surface area contributed by atoms with Crippen molar-refractivity contribution < 1.29 is 18.0 Å². The molecule has 2 rings (SSSR count). The molecule has 0 aromatic heterocycles. The number of alkyl halides is 3. The van der Waals surface area contributed by atoms with Crippen LogP contribution in [-0.2, 0) is 4.79 Å². The summed E-state index contributed by atoms with van der Waals surface area (Å²) in [4.78, 5) is 12.4. The molecule has 98 valence electrons. The lowest BCUT2D eigenvalue weighted by atomic mass is 9.70. The summed E-state index contributed by atoms with van der Waals surface area (Å²) in [6, 6.07) is -0.121. The van der Waals surface area contributed by atoms with Gasteiger partial charge in [-0.3, -0.25) is 4.79 Å². The first-order chi connectivity index (χ1) is 7.56. The number of amides is 1. The molecule has 0 aromatic rings. The molecule has 0 radical (unpaired) electrons. The third-order valence-electron chi connectivity index (χ3n) is 3.94. The van der Waals surface area contributed by atoms with E-state index < -0.39 is 17.6 Å². The molecule has 2 bridgehead atoms. The van der Waals surface area contributed by atoms with Crippen molar-refractivity contribution in [1.29, 1.82) is 0 Å². The fourth-order valence-corrected chi connectivity index (χ4v) is 3.70. The van der Waals surface area contributed by atoms with Crippen LogP contribution in [0.5, 0.6) is 0 Å². The van der Waals surface area contributed by atoms with E-state index >= 15 is 0 Å². The van der Waals surface area contributed by atoms with Gasteiger partial charge in [0.2, 0.25) is 0 Å². The zero-order chi connectivity index (χ0) is 13.1. The highest BCUT2D eigenvalue weighted by atomic mass is 19.4. The topological polar surface area (TPSA) is 46.3 Å². The van der Waals surface area contributed by atoms with Gasteiger partial charge in [0.25, 0.3) is 0 Å². The predicted molar refractivity (Wildman–Crippen MR) is 56.1 cm³/mol. The summed E-state index contributed by atoms with van der Waals surface area (Å²) in [7, 11) is 0. The van der Waals surface area contributed by atoms with E-state index in [1.54, 1.807) is 6.92 Å². The van der Waals surface area contributed by atoms with E-state index in [0.29, 0.717) is 19.3 Å². The van der Waals surface area contributed by atoms with E-state index in [1.807, 2.05) is 6.92 Å². The Balaban J connectivity index is 2.30. The molecule has 0 aromatic carbocycles. The first-order valence-electron chi connectivity index (χ1n) is 5.70. The number of hydrogen-bond donors (Lipinski definition) is 1. The molecular weight excluding hydrogens is 233 g/mol. The van der Waals surface area contributed by atoms with Gasteiger partial charge in [0.1, 0.15) is 0 Å². The second kappa shape index (κ2) is 3.37. The first-order valence-corrected chi connectivity index (χ1v) is 5.70. The summed E-state index contributed by atoms with van der Waals surface area (Å²) in [6.07, 6.45) is -3.05. The Bertz CT molecular complexity index is 357. The molecule has 1 saturated heterocycles. The normalized spacial score (nSPS) is 41.8. The molecule has 3 atom stereocenters. The average molecular weight is 250 g/mol. The third-order valence-corrected chi connectivity index (χ3v) is 3.94. The Morgan fingerprint density at radius 3 is 2.47 bits per heavy atom. The maximum absolute atomic E-state index is 12.5. The van der Waals surface area contributed by atoms with Crippen molar-refractivity contribution >= 4 is 5.91 Å².